The molecule has 0 bridgehead atoms. The second kappa shape index (κ2) is 7.88. The predicted molar refractivity (Wildman–Crippen MR) is 76.1 cm³/mol. The van der Waals surface area contributed by atoms with Gasteiger partial charge in [-0.2, -0.15) is 0 Å². The van der Waals surface area contributed by atoms with E-state index in [1.54, 1.807) is 24.3 Å². The number of hydrogen-bond acceptors (Lipinski definition) is 6. The van der Waals surface area contributed by atoms with Gasteiger partial charge in [-0.25, -0.2) is 4.79 Å². The van der Waals surface area contributed by atoms with E-state index in [4.69, 9.17) is 4.74 Å². The molecule has 1 N–H and O–H groups in total. The smallest absolute Gasteiger partial charge is 0.338 e. The zero-order chi connectivity index (χ0) is 15.8. The molecule has 0 aliphatic carbocycles. The highest BCUT2D eigenvalue weighted by Gasteiger charge is 2.11. The maximum Gasteiger partial charge on any atom is 0.338 e. The molecule has 7 nitrogen and oxygen atoms in total. The lowest BCUT2D eigenvalue weighted by atomic mass is 10.2. The third-order valence-corrected chi connectivity index (χ3v) is 2.61. The number of rotatable bonds is 6. The van der Waals surface area contributed by atoms with Crippen LogP contribution in [0.2, 0.25) is 0 Å². The Kier molecular flexibility index (Phi) is 6.19. The zero-order valence-electron chi connectivity index (χ0n) is 12.2. The molecule has 1 rings (SSSR count). The van der Waals surface area contributed by atoms with Gasteiger partial charge in [0.2, 0.25) is 0 Å². The summed E-state index contributed by atoms with van der Waals surface area (Å²) in [6.45, 7) is -0.713. The Labute approximate surface area is 122 Å². The van der Waals surface area contributed by atoms with Gasteiger partial charge >= 0.3 is 11.9 Å². The Morgan fingerprint density at radius 3 is 2.29 bits per heavy atom. The van der Waals surface area contributed by atoms with E-state index in [-0.39, 0.29) is 6.54 Å². The Hall–Kier alpha value is -2.57. The summed E-state index contributed by atoms with van der Waals surface area (Å²) in [7, 11) is 4.99. The van der Waals surface area contributed by atoms with Gasteiger partial charge in [0.1, 0.15) is 6.54 Å². The highest BCUT2D eigenvalue weighted by atomic mass is 16.5. The topological polar surface area (TPSA) is 84.9 Å². The van der Waals surface area contributed by atoms with Crippen molar-refractivity contribution in [2.45, 2.75) is 0 Å². The van der Waals surface area contributed by atoms with E-state index in [1.807, 2.05) is 19.0 Å². The van der Waals surface area contributed by atoms with Crippen molar-refractivity contribution in [3.05, 3.63) is 29.8 Å². The molecule has 0 fully saturated rings. The summed E-state index contributed by atoms with van der Waals surface area (Å²) < 4.78 is 9.20. The number of benzene rings is 1. The van der Waals surface area contributed by atoms with E-state index in [9.17, 15) is 14.4 Å². The summed E-state index contributed by atoms with van der Waals surface area (Å²) >= 11 is 0. The summed E-state index contributed by atoms with van der Waals surface area (Å²) in [5, 5.41) is 2.27. The molecule has 1 amide bonds. The lowest BCUT2D eigenvalue weighted by Crippen LogP contribution is -2.33. The van der Waals surface area contributed by atoms with Crippen LogP contribution in [-0.4, -0.2) is 52.2 Å². The van der Waals surface area contributed by atoms with Gasteiger partial charge in [-0.3, -0.25) is 9.59 Å². The molecule has 0 aliphatic heterocycles. The highest BCUT2D eigenvalue weighted by molar-refractivity contribution is 5.92. The van der Waals surface area contributed by atoms with Gasteiger partial charge in [0.25, 0.3) is 5.91 Å². The first kappa shape index (κ1) is 16.5. The lowest BCUT2D eigenvalue weighted by Gasteiger charge is -2.12. The number of methoxy groups -OCH3 is 1. The number of hydrogen-bond donors (Lipinski definition) is 1. The third kappa shape index (κ3) is 5.52. The number of ether oxygens (including phenoxy) is 2. The minimum Gasteiger partial charge on any atom is -0.468 e. The van der Waals surface area contributed by atoms with Gasteiger partial charge in [0, 0.05) is 19.8 Å². The summed E-state index contributed by atoms with van der Waals surface area (Å²) in [5.41, 5.74) is 1.30. The Morgan fingerprint density at radius 2 is 1.76 bits per heavy atom. The van der Waals surface area contributed by atoms with Crippen LogP contribution < -0.4 is 10.2 Å². The molecule has 0 atom stereocenters. The number of amides is 1. The fraction of sp³-hybridized carbons (Fsp3) is 0.357. The van der Waals surface area contributed by atoms with Crippen LogP contribution in [0.1, 0.15) is 10.4 Å². The summed E-state index contributed by atoms with van der Waals surface area (Å²) in [5.74, 6) is -1.75. The van der Waals surface area contributed by atoms with Crippen molar-refractivity contribution in [3.8, 4) is 0 Å². The maximum atomic E-state index is 11.7. The molecule has 0 spiro atoms. The molecule has 0 saturated carbocycles. The van der Waals surface area contributed by atoms with E-state index in [2.05, 4.69) is 10.1 Å². The molecule has 0 heterocycles. The van der Waals surface area contributed by atoms with Crippen LogP contribution >= 0.6 is 0 Å². The van der Waals surface area contributed by atoms with E-state index in [1.165, 1.54) is 7.11 Å². The monoisotopic (exact) mass is 294 g/mol. The quantitative estimate of drug-likeness (QED) is 0.754. The maximum absolute atomic E-state index is 11.7. The predicted octanol–water partition coefficient (Wildman–Crippen LogP) is 0.199. The molecule has 0 aliphatic rings. The Morgan fingerprint density at radius 1 is 1.14 bits per heavy atom. The minimum atomic E-state index is -0.603. The van der Waals surface area contributed by atoms with Crippen molar-refractivity contribution >= 4 is 23.5 Å². The van der Waals surface area contributed by atoms with E-state index >= 15 is 0 Å². The van der Waals surface area contributed by atoms with Crippen LogP contribution in [0.3, 0.4) is 0 Å². The largest absolute Gasteiger partial charge is 0.468 e. The first-order valence-electron chi connectivity index (χ1n) is 6.22. The molecule has 0 radical (unpaired) electrons. The molecule has 21 heavy (non-hydrogen) atoms. The van der Waals surface area contributed by atoms with Gasteiger partial charge < -0.3 is 19.7 Å². The number of nitrogens with one attached hydrogen (secondary N) is 1. The number of anilines is 1. The Balaban J connectivity index is 2.43. The number of esters is 2. The third-order valence-electron chi connectivity index (χ3n) is 2.61. The first-order chi connectivity index (χ1) is 9.93. The van der Waals surface area contributed by atoms with Gasteiger partial charge in [0.15, 0.2) is 6.61 Å². The second-order valence-corrected chi connectivity index (χ2v) is 4.37. The minimum absolute atomic E-state index is 0.260. The Bertz CT molecular complexity index is 511. The second-order valence-electron chi connectivity index (χ2n) is 4.37. The van der Waals surface area contributed by atoms with E-state index in [0.29, 0.717) is 5.56 Å². The van der Waals surface area contributed by atoms with Crippen LogP contribution in [0, 0.1) is 0 Å². The first-order valence-corrected chi connectivity index (χ1v) is 6.22. The molecule has 0 saturated heterocycles. The lowest BCUT2D eigenvalue weighted by molar-refractivity contribution is -0.141. The fourth-order valence-electron chi connectivity index (χ4n) is 1.40. The zero-order valence-corrected chi connectivity index (χ0v) is 12.2. The number of nitrogens with zero attached hydrogens (tertiary/aromatic N) is 1. The molecule has 114 valence electrons. The normalized spacial score (nSPS) is 9.67. The van der Waals surface area contributed by atoms with Crippen molar-refractivity contribution in [2.24, 2.45) is 0 Å². The number of carbonyl (C=O) groups excluding carboxylic acids is 3. The summed E-state index contributed by atoms with van der Waals surface area (Å²) in [6.07, 6.45) is 0. The van der Waals surface area contributed by atoms with Gasteiger partial charge in [0.05, 0.1) is 12.7 Å². The van der Waals surface area contributed by atoms with Crippen molar-refractivity contribution in [1.29, 1.82) is 0 Å². The van der Waals surface area contributed by atoms with Crippen LogP contribution in [0.4, 0.5) is 5.69 Å². The average molecular weight is 294 g/mol. The average Bonchev–Trinajstić information content (AvgIpc) is 2.50. The van der Waals surface area contributed by atoms with E-state index in [0.717, 1.165) is 5.69 Å². The molecule has 1 aromatic carbocycles. The van der Waals surface area contributed by atoms with Gasteiger partial charge in [-0.15, -0.1) is 0 Å². The SMILES string of the molecule is COC(=O)CNC(=O)COC(=O)c1ccc(N(C)C)cc1. The molecule has 7 heteroatoms. The molecular weight excluding hydrogens is 276 g/mol. The van der Waals surface area contributed by atoms with Gasteiger partial charge in [-0.05, 0) is 24.3 Å². The van der Waals surface area contributed by atoms with Gasteiger partial charge in [-0.1, -0.05) is 0 Å². The van der Waals surface area contributed by atoms with Crippen LogP contribution in [-0.2, 0) is 19.1 Å². The van der Waals surface area contributed by atoms with Crippen molar-refractivity contribution in [1.82, 2.24) is 5.32 Å². The summed E-state index contributed by atoms with van der Waals surface area (Å²) in [4.78, 5) is 35.8. The highest BCUT2D eigenvalue weighted by Crippen LogP contribution is 2.12. The summed E-state index contributed by atoms with van der Waals surface area (Å²) in [6, 6.07) is 6.77. The fourth-order valence-corrected chi connectivity index (χ4v) is 1.40. The van der Waals surface area contributed by atoms with E-state index < -0.39 is 24.5 Å². The van der Waals surface area contributed by atoms with Crippen molar-refractivity contribution < 1.29 is 23.9 Å². The van der Waals surface area contributed by atoms with Crippen LogP contribution in [0.15, 0.2) is 24.3 Å². The molecular formula is C14H18N2O5. The van der Waals surface area contributed by atoms with Crippen molar-refractivity contribution in [2.75, 3.05) is 39.3 Å². The molecule has 0 aromatic heterocycles. The standard InChI is InChI=1S/C14H18N2O5/c1-16(2)11-6-4-10(5-7-11)14(19)21-9-12(17)15-8-13(18)20-3/h4-7H,8-9H2,1-3H3,(H,15,17). The van der Waals surface area contributed by atoms with Crippen LogP contribution in [0.5, 0.6) is 0 Å². The van der Waals surface area contributed by atoms with Crippen molar-refractivity contribution in [3.63, 3.8) is 0 Å². The molecule has 1 aromatic rings. The number of carbonyl (C=O) groups is 3. The molecule has 0 unspecified atom stereocenters. The van der Waals surface area contributed by atoms with Crippen LogP contribution in [0.25, 0.3) is 0 Å².